The van der Waals surface area contributed by atoms with Gasteiger partial charge in [0, 0.05) is 44.1 Å². The van der Waals surface area contributed by atoms with Crippen LogP contribution in [0.5, 0.6) is 5.75 Å². The van der Waals surface area contributed by atoms with Crippen molar-refractivity contribution in [1.82, 2.24) is 19.8 Å². The minimum absolute atomic E-state index is 0.0563. The number of benzene rings is 1. The van der Waals surface area contributed by atoms with Crippen LogP contribution in [0, 0.1) is 0 Å². The average Bonchev–Trinajstić information content (AvgIpc) is 2.62. The van der Waals surface area contributed by atoms with E-state index in [1.165, 1.54) is 0 Å². The van der Waals surface area contributed by atoms with E-state index in [1.54, 1.807) is 19.4 Å². The molecule has 1 amide bonds. The van der Waals surface area contributed by atoms with Crippen molar-refractivity contribution >= 4 is 17.5 Å². The number of likely N-dealkylation sites (N-methyl/N-ethyl adjacent to an activating group) is 1. The molecule has 126 valence electrons. The molecular formula is C17H21N5O2. The fourth-order valence-corrected chi connectivity index (χ4v) is 2.54. The van der Waals surface area contributed by atoms with Gasteiger partial charge in [-0.15, -0.1) is 0 Å². The van der Waals surface area contributed by atoms with Gasteiger partial charge in [-0.1, -0.05) is 6.07 Å². The van der Waals surface area contributed by atoms with E-state index in [4.69, 9.17) is 4.74 Å². The number of aromatic nitrogens is 2. The van der Waals surface area contributed by atoms with Gasteiger partial charge in [-0.05, 0) is 25.2 Å². The molecule has 7 heteroatoms. The summed E-state index contributed by atoms with van der Waals surface area (Å²) >= 11 is 0. The summed E-state index contributed by atoms with van der Waals surface area (Å²) in [4.78, 5) is 25.2. The van der Waals surface area contributed by atoms with Gasteiger partial charge in [-0.25, -0.2) is 9.97 Å². The summed E-state index contributed by atoms with van der Waals surface area (Å²) in [6.07, 6.45) is 1.60. The number of hydrogen-bond donors (Lipinski definition) is 1. The molecule has 1 N–H and O–H groups in total. The Morgan fingerprint density at radius 1 is 1.21 bits per heavy atom. The third-order valence-electron chi connectivity index (χ3n) is 3.99. The van der Waals surface area contributed by atoms with Gasteiger partial charge in [0.2, 0.25) is 5.95 Å². The second-order valence-corrected chi connectivity index (χ2v) is 5.72. The predicted molar refractivity (Wildman–Crippen MR) is 91.7 cm³/mol. The van der Waals surface area contributed by atoms with Gasteiger partial charge in [0.15, 0.2) is 0 Å². The van der Waals surface area contributed by atoms with Crippen LogP contribution in [0.2, 0.25) is 0 Å². The molecule has 1 aromatic heterocycles. The van der Waals surface area contributed by atoms with Gasteiger partial charge in [-0.3, -0.25) is 4.79 Å². The summed E-state index contributed by atoms with van der Waals surface area (Å²) in [5.41, 5.74) is 1.21. The average molecular weight is 327 g/mol. The van der Waals surface area contributed by atoms with Crippen molar-refractivity contribution in [3.63, 3.8) is 0 Å². The minimum Gasteiger partial charge on any atom is -0.497 e. The number of piperazine rings is 1. The molecule has 1 aliphatic heterocycles. The van der Waals surface area contributed by atoms with Gasteiger partial charge in [-0.2, -0.15) is 0 Å². The number of nitrogens with one attached hydrogen (secondary N) is 1. The zero-order valence-corrected chi connectivity index (χ0v) is 13.9. The van der Waals surface area contributed by atoms with Crippen LogP contribution in [0.25, 0.3) is 0 Å². The maximum Gasteiger partial charge on any atom is 0.272 e. The van der Waals surface area contributed by atoms with Crippen LogP contribution in [-0.4, -0.2) is 66.0 Å². The Balaban J connectivity index is 1.72. The number of anilines is 2. The summed E-state index contributed by atoms with van der Waals surface area (Å²) in [6, 6.07) is 9.12. The van der Waals surface area contributed by atoms with Crippen molar-refractivity contribution in [1.29, 1.82) is 0 Å². The number of carbonyl (C=O) groups excluding carboxylic acids is 1. The highest BCUT2D eigenvalue weighted by Gasteiger charge is 2.21. The van der Waals surface area contributed by atoms with Crippen molar-refractivity contribution in [3.8, 4) is 5.75 Å². The molecule has 0 atom stereocenters. The monoisotopic (exact) mass is 327 g/mol. The largest absolute Gasteiger partial charge is 0.497 e. The first-order chi connectivity index (χ1) is 11.7. The van der Waals surface area contributed by atoms with Crippen LogP contribution in [-0.2, 0) is 0 Å². The SMILES string of the molecule is COc1cccc(Nc2nccc(C(=O)N3CCN(C)CC3)n2)c1. The molecule has 0 unspecified atom stereocenters. The Bertz CT molecular complexity index is 714. The number of hydrogen-bond acceptors (Lipinski definition) is 6. The van der Waals surface area contributed by atoms with Gasteiger partial charge in [0.25, 0.3) is 5.91 Å². The van der Waals surface area contributed by atoms with E-state index in [1.807, 2.05) is 29.2 Å². The number of carbonyl (C=O) groups is 1. The van der Waals surface area contributed by atoms with Crippen LogP contribution in [0.1, 0.15) is 10.5 Å². The van der Waals surface area contributed by atoms with Crippen LogP contribution in [0.3, 0.4) is 0 Å². The summed E-state index contributed by atoms with van der Waals surface area (Å²) in [5, 5.41) is 3.10. The number of amides is 1. The lowest BCUT2D eigenvalue weighted by Crippen LogP contribution is -2.47. The molecule has 0 aliphatic carbocycles. The van der Waals surface area contributed by atoms with E-state index >= 15 is 0 Å². The first-order valence-electron chi connectivity index (χ1n) is 7.87. The van der Waals surface area contributed by atoms with E-state index in [-0.39, 0.29) is 5.91 Å². The third-order valence-corrected chi connectivity index (χ3v) is 3.99. The van der Waals surface area contributed by atoms with Gasteiger partial charge < -0.3 is 19.9 Å². The fraction of sp³-hybridized carbons (Fsp3) is 0.353. The summed E-state index contributed by atoms with van der Waals surface area (Å²) < 4.78 is 5.20. The zero-order valence-electron chi connectivity index (χ0n) is 13.9. The Morgan fingerprint density at radius 2 is 2.00 bits per heavy atom. The molecule has 1 fully saturated rings. The molecule has 24 heavy (non-hydrogen) atoms. The summed E-state index contributed by atoms with van der Waals surface area (Å²) in [7, 11) is 3.67. The quantitative estimate of drug-likeness (QED) is 0.920. The highest BCUT2D eigenvalue weighted by Crippen LogP contribution is 2.19. The first-order valence-corrected chi connectivity index (χ1v) is 7.87. The lowest BCUT2D eigenvalue weighted by molar-refractivity contribution is 0.0658. The van der Waals surface area contributed by atoms with E-state index in [0.717, 1.165) is 37.6 Å². The summed E-state index contributed by atoms with van der Waals surface area (Å²) in [5.74, 6) is 1.08. The molecule has 0 saturated carbocycles. The van der Waals surface area contributed by atoms with E-state index in [9.17, 15) is 4.79 Å². The number of nitrogens with zero attached hydrogens (tertiary/aromatic N) is 4. The Morgan fingerprint density at radius 3 is 2.75 bits per heavy atom. The molecule has 1 saturated heterocycles. The Kier molecular flexibility index (Phi) is 4.90. The number of ether oxygens (including phenoxy) is 1. The molecular weight excluding hydrogens is 306 g/mol. The predicted octanol–water partition coefficient (Wildman–Crippen LogP) is 1.62. The topological polar surface area (TPSA) is 70.6 Å². The van der Waals surface area contributed by atoms with Gasteiger partial charge in [0.05, 0.1) is 7.11 Å². The molecule has 1 aromatic carbocycles. The highest BCUT2D eigenvalue weighted by atomic mass is 16.5. The normalized spacial score (nSPS) is 15.2. The molecule has 2 aromatic rings. The highest BCUT2D eigenvalue weighted by molar-refractivity contribution is 5.92. The Hall–Kier alpha value is -2.67. The van der Waals surface area contributed by atoms with Crippen molar-refractivity contribution in [2.24, 2.45) is 0 Å². The fourth-order valence-electron chi connectivity index (χ4n) is 2.54. The summed E-state index contributed by atoms with van der Waals surface area (Å²) in [6.45, 7) is 3.20. The molecule has 7 nitrogen and oxygen atoms in total. The third kappa shape index (κ3) is 3.80. The van der Waals surface area contributed by atoms with Crippen molar-refractivity contribution in [3.05, 3.63) is 42.2 Å². The van der Waals surface area contributed by atoms with Gasteiger partial charge in [0.1, 0.15) is 11.4 Å². The van der Waals surface area contributed by atoms with E-state index < -0.39 is 0 Å². The lowest BCUT2D eigenvalue weighted by Gasteiger charge is -2.32. The maximum atomic E-state index is 12.6. The van der Waals surface area contributed by atoms with Crippen LogP contribution in [0.4, 0.5) is 11.6 Å². The van der Waals surface area contributed by atoms with Gasteiger partial charge >= 0.3 is 0 Å². The van der Waals surface area contributed by atoms with Crippen molar-refractivity contribution in [2.75, 3.05) is 45.7 Å². The zero-order chi connectivity index (χ0) is 16.9. The molecule has 0 radical (unpaired) electrons. The van der Waals surface area contributed by atoms with E-state index in [0.29, 0.717) is 11.6 Å². The van der Waals surface area contributed by atoms with Crippen molar-refractivity contribution in [2.45, 2.75) is 0 Å². The maximum absolute atomic E-state index is 12.6. The van der Waals surface area contributed by atoms with Crippen LogP contribution < -0.4 is 10.1 Å². The molecule has 0 spiro atoms. The second-order valence-electron chi connectivity index (χ2n) is 5.72. The molecule has 2 heterocycles. The van der Waals surface area contributed by atoms with Crippen LogP contribution >= 0.6 is 0 Å². The van der Waals surface area contributed by atoms with E-state index in [2.05, 4.69) is 27.2 Å². The second kappa shape index (κ2) is 7.27. The lowest BCUT2D eigenvalue weighted by atomic mass is 10.3. The number of rotatable bonds is 4. The molecule has 1 aliphatic rings. The van der Waals surface area contributed by atoms with Crippen molar-refractivity contribution < 1.29 is 9.53 Å². The molecule has 3 rings (SSSR count). The Labute approximate surface area is 141 Å². The standard InChI is InChI=1S/C17H21N5O2/c1-21-8-10-22(11-9-21)16(23)15-6-7-18-17(20-15)19-13-4-3-5-14(12-13)24-2/h3-7,12H,8-11H2,1-2H3,(H,18,19,20). The molecule has 0 bridgehead atoms. The van der Waals surface area contributed by atoms with Crippen LogP contribution in [0.15, 0.2) is 36.5 Å². The smallest absolute Gasteiger partial charge is 0.272 e. The number of methoxy groups -OCH3 is 1. The minimum atomic E-state index is -0.0563. The first kappa shape index (κ1) is 16.2.